The molecule has 0 heterocycles. The summed E-state index contributed by atoms with van der Waals surface area (Å²) in [7, 11) is 0. The van der Waals surface area contributed by atoms with Gasteiger partial charge in [0.2, 0.25) is 0 Å². The SMILES string of the molecule is CCNCCCCS. The number of unbranched alkanes of at least 4 members (excludes halogenated alkanes) is 1. The zero-order valence-electron chi connectivity index (χ0n) is 5.48. The Labute approximate surface area is 57.3 Å². The van der Waals surface area contributed by atoms with E-state index in [2.05, 4.69) is 24.9 Å². The molecule has 0 aliphatic carbocycles. The topological polar surface area (TPSA) is 12.0 Å². The lowest BCUT2D eigenvalue weighted by Crippen LogP contribution is -2.13. The Morgan fingerprint density at radius 1 is 1.38 bits per heavy atom. The molecule has 8 heavy (non-hydrogen) atoms. The maximum Gasteiger partial charge on any atom is -0.00487 e. The summed E-state index contributed by atoms with van der Waals surface area (Å²) in [5.41, 5.74) is 0. The molecule has 2 heteroatoms. The van der Waals surface area contributed by atoms with Crippen LogP contribution in [-0.4, -0.2) is 18.8 Å². The fourth-order valence-electron chi connectivity index (χ4n) is 0.539. The predicted molar refractivity (Wildman–Crippen MR) is 41.6 cm³/mol. The van der Waals surface area contributed by atoms with Crippen molar-refractivity contribution in [2.75, 3.05) is 18.8 Å². The zero-order chi connectivity index (χ0) is 6.24. The smallest absolute Gasteiger partial charge is 0.00487 e. The highest BCUT2D eigenvalue weighted by Gasteiger charge is 1.81. The lowest BCUT2D eigenvalue weighted by molar-refractivity contribution is 0.666. The maximum absolute atomic E-state index is 4.09. The normalized spacial score (nSPS) is 9.75. The van der Waals surface area contributed by atoms with E-state index in [1.54, 1.807) is 0 Å². The van der Waals surface area contributed by atoms with E-state index in [9.17, 15) is 0 Å². The van der Waals surface area contributed by atoms with Gasteiger partial charge in [0, 0.05) is 0 Å². The molecule has 0 aromatic carbocycles. The van der Waals surface area contributed by atoms with Crippen LogP contribution in [0.4, 0.5) is 0 Å². The van der Waals surface area contributed by atoms with Crippen molar-refractivity contribution in [2.45, 2.75) is 19.8 Å². The van der Waals surface area contributed by atoms with Crippen molar-refractivity contribution in [3.8, 4) is 0 Å². The second kappa shape index (κ2) is 7.31. The summed E-state index contributed by atoms with van der Waals surface area (Å²) in [5.74, 6) is 1.02. The van der Waals surface area contributed by atoms with Gasteiger partial charge < -0.3 is 5.32 Å². The average molecular weight is 133 g/mol. The van der Waals surface area contributed by atoms with Gasteiger partial charge in [-0.2, -0.15) is 12.6 Å². The molecule has 0 atom stereocenters. The van der Waals surface area contributed by atoms with Crippen molar-refractivity contribution < 1.29 is 0 Å². The van der Waals surface area contributed by atoms with Crippen LogP contribution >= 0.6 is 12.6 Å². The molecule has 0 spiro atoms. The Morgan fingerprint density at radius 2 is 2.12 bits per heavy atom. The lowest BCUT2D eigenvalue weighted by atomic mass is 10.3. The van der Waals surface area contributed by atoms with E-state index in [1.807, 2.05) is 0 Å². The van der Waals surface area contributed by atoms with Crippen molar-refractivity contribution in [1.29, 1.82) is 0 Å². The first-order chi connectivity index (χ1) is 3.91. The minimum Gasteiger partial charge on any atom is -0.317 e. The van der Waals surface area contributed by atoms with Crippen LogP contribution in [-0.2, 0) is 0 Å². The van der Waals surface area contributed by atoms with E-state index in [-0.39, 0.29) is 0 Å². The molecule has 0 aliphatic rings. The first kappa shape index (κ1) is 8.31. The molecule has 0 amide bonds. The number of nitrogens with one attached hydrogen (secondary N) is 1. The Bertz CT molecular complexity index is 33.5. The summed E-state index contributed by atoms with van der Waals surface area (Å²) < 4.78 is 0. The highest BCUT2D eigenvalue weighted by Crippen LogP contribution is 1.87. The standard InChI is InChI=1S/C6H15NS/c1-2-7-5-3-4-6-8/h7-8H,2-6H2,1H3. The monoisotopic (exact) mass is 133 g/mol. The number of thiol groups is 1. The Balaban J connectivity index is 2.53. The first-order valence-corrected chi connectivity index (χ1v) is 3.86. The molecule has 1 N–H and O–H groups in total. The van der Waals surface area contributed by atoms with Crippen LogP contribution in [0.5, 0.6) is 0 Å². The van der Waals surface area contributed by atoms with Crippen LogP contribution in [0.2, 0.25) is 0 Å². The van der Waals surface area contributed by atoms with Gasteiger partial charge >= 0.3 is 0 Å². The Kier molecular flexibility index (Phi) is 7.59. The highest BCUT2D eigenvalue weighted by atomic mass is 32.1. The van der Waals surface area contributed by atoms with Crippen molar-refractivity contribution in [3.63, 3.8) is 0 Å². The lowest BCUT2D eigenvalue weighted by Gasteiger charge is -1.97. The van der Waals surface area contributed by atoms with Crippen molar-refractivity contribution in [2.24, 2.45) is 0 Å². The molecule has 0 rings (SSSR count). The van der Waals surface area contributed by atoms with E-state index in [1.165, 1.54) is 12.8 Å². The van der Waals surface area contributed by atoms with Gasteiger partial charge in [0.15, 0.2) is 0 Å². The molecule has 0 fully saturated rings. The molecule has 0 saturated heterocycles. The first-order valence-electron chi connectivity index (χ1n) is 3.23. The highest BCUT2D eigenvalue weighted by molar-refractivity contribution is 7.80. The third kappa shape index (κ3) is 6.31. The Hall–Kier alpha value is 0.310. The van der Waals surface area contributed by atoms with Crippen molar-refractivity contribution >= 4 is 12.6 Å². The van der Waals surface area contributed by atoms with Gasteiger partial charge in [-0.15, -0.1) is 0 Å². The quantitative estimate of drug-likeness (QED) is 0.425. The number of hydrogen-bond acceptors (Lipinski definition) is 2. The molecule has 0 aliphatic heterocycles. The van der Waals surface area contributed by atoms with Crippen molar-refractivity contribution in [1.82, 2.24) is 5.32 Å². The molecule has 50 valence electrons. The summed E-state index contributed by atoms with van der Waals surface area (Å²) in [4.78, 5) is 0. The van der Waals surface area contributed by atoms with E-state index in [0.717, 1.165) is 18.8 Å². The van der Waals surface area contributed by atoms with Gasteiger partial charge in [0.1, 0.15) is 0 Å². The molecule has 0 aromatic rings. The predicted octanol–water partition coefficient (Wildman–Crippen LogP) is 1.31. The molecule has 0 radical (unpaired) electrons. The molecule has 0 aromatic heterocycles. The van der Waals surface area contributed by atoms with Gasteiger partial charge in [-0.3, -0.25) is 0 Å². The minimum atomic E-state index is 1.02. The van der Waals surface area contributed by atoms with Gasteiger partial charge in [-0.05, 0) is 31.7 Å². The zero-order valence-corrected chi connectivity index (χ0v) is 6.38. The van der Waals surface area contributed by atoms with E-state index >= 15 is 0 Å². The molecular formula is C6H15NS. The van der Waals surface area contributed by atoms with E-state index in [0.29, 0.717) is 0 Å². The summed E-state index contributed by atoms with van der Waals surface area (Å²) in [6.45, 7) is 4.37. The fraction of sp³-hybridized carbons (Fsp3) is 1.00. The van der Waals surface area contributed by atoms with Gasteiger partial charge in [-0.25, -0.2) is 0 Å². The summed E-state index contributed by atoms with van der Waals surface area (Å²) in [6.07, 6.45) is 2.49. The third-order valence-corrected chi connectivity index (χ3v) is 1.33. The van der Waals surface area contributed by atoms with Crippen LogP contribution in [0.25, 0.3) is 0 Å². The third-order valence-electron chi connectivity index (χ3n) is 1.01. The van der Waals surface area contributed by atoms with Crippen LogP contribution < -0.4 is 5.32 Å². The van der Waals surface area contributed by atoms with Crippen molar-refractivity contribution in [3.05, 3.63) is 0 Å². The maximum atomic E-state index is 4.09. The molecule has 0 unspecified atom stereocenters. The number of rotatable bonds is 5. The number of hydrogen-bond donors (Lipinski definition) is 2. The summed E-state index contributed by atoms with van der Waals surface area (Å²) >= 11 is 4.09. The Morgan fingerprint density at radius 3 is 2.62 bits per heavy atom. The van der Waals surface area contributed by atoms with Gasteiger partial charge in [0.25, 0.3) is 0 Å². The van der Waals surface area contributed by atoms with E-state index in [4.69, 9.17) is 0 Å². The second-order valence-electron chi connectivity index (χ2n) is 1.78. The van der Waals surface area contributed by atoms with Crippen LogP contribution in [0, 0.1) is 0 Å². The minimum absolute atomic E-state index is 1.02. The molecular weight excluding hydrogens is 118 g/mol. The average Bonchev–Trinajstić information content (AvgIpc) is 1.81. The van der Waals surface area contributed by atoms with Crippen LogP contribution in [0.3, 0.4) is 0 Å². The van der Waals surface area contributed by atoms with Gasteiger partial charge in [0.05, 0.1) is 0 Å². The van der Waals surface area contributed by atoms with Crippen LogP contribution in [0.1, 0.15) is 19.8 Å². The summed E-state index contributed by atoms with van der Waals surface area (Å²) in [6, 6.07) is 0. The molecule has 0 saturated carbocycles. The second-order valence-corrected chi connectivity index (χ2v) is 2.23. The van der Waals surface area contributed by atoms with Gasteiger partial charge in [-0.1, -0.05) is 6.92 Å². The van der Waals surface area contributed by atoms with E-state index < -0.39 is 0 Å². The molecule has 0 bridgehead atoms. The fourth-order valence-corrected chi connectivity index (χ4v) is 0.762. The largest absolute Gasteiger partial charge is 0.317 e. The van der Waals surface area contributed by atoms with Crippen LogP contribution in [0.15, 0.2) is 0 Å². The summed E-state index contributed by atoms with van der Waals surface area (Å²) in [5, 5.41) is 3.25. The molecule has 1 nitrogen and oxygen atoms in total.